The van der Waals surface area contributed by atoms with Crippen molar-refractivity contribution >= 4 is 5.91 Å². The third-order valence-electron chi connectivity index (χ3n) is 5.44. The van der Waals surface area contributed by atoms with Crippen molar-refractivity contribution in [1.82, 2.24) is 5.32 Å². The average molecular weight is 302 g/mol. The first kappa shape index (κ1) is 15.5. The van der Waals surface area contributed by atoms with Crippen LogP contribution in [-0.2, 0) is 9.53 Å². The second-order valence-corrected chi connectivity index (χ2v) is 6.57. The fraction of sp³-hybridized carbons (Fsp3) is 0.611. The van der Waals surface area contributed by atoms with E-state index in [1.807, 2.05) is 37.3 Å². The van der Waals surface area contributed by atoms with Crippen molar-refractivity contribution in [3.05, 3.63) is 35.9 Å². The molecule has 2 saturated carbocycles. The van der Waals surface area contributed by atoms with Crippen molar-refractivity contribution in [2.24, 2.45) is 11.1 Å². The van der Waals surface area contributed by atoms with Crippen LogP contribution in [-0.4, -0.2) is 24.7 Å². The Balaban J connectivity index is 1.64. The van der Waals surface area contributed by atoms with E-state index in [0.717, 1.165) is 31.4 Å². The number of amides is 1. The monoisotopic (exact) mass is 302 g/mol. The number of nitrogens with one attached hydrogen (secondary N) is 1. The Morgan fingerprint density at radius 2 is 2.05 bits per heavy atom. The largest absolute Gasteiger partial charge is 0.378 e. The van der Waals surface area contributed by atoms with Crippen LogP contribution in [0.15, 0.2) is 30.3 Å². The summed E-state index contributed by atoms with van der Waals surface area (Å²) < 4.78 is 5.89. The van der Waals surface area contributed by atoms with Gasteiger partial charge in [-0.2, -0.15) is 0 Å². The Labute approximate surface area is 132 Å². The zero-order chi connectivity index (χ0) is 15.6. The van der Waals surface area contributed by atoms with Crippen molar-refractivity contribution in [2.45, 2.75) is 57.2 Å². The van der Waals surface area contributed by atoms with Crippen LogP contribution in [0.1, 0.15) is 50.6 Å². The van der Waals surface area contributed by atoms with Crippen molar-refractivity contribution in [1.29, 1.82) is 0 Å². The summed E-state index contributed by atoms with van der Waals surface area (Å²) in [6.07, 6.45) is 6.01. The molecule has 0 radical (unpaired) electrons. The highest BCUT2D eigenvalue weighted by Crippen LogP contribution is 2.54. The predicted octanol–water partition coefficient (Wildman–Crippen LogP) is 2.54. The van der Waals surface area contributed by atoms with Gasteiger partial charge >= 0.3 is 0 Å². The van der Waals surface area contributed by atoms with Crippen molar-refractivity contribution in [3.63, 3.8) is 0 Å². The average Bonchev–Trinajstić information content (AvgIpc) is 3.06. The lowest BCUT2D eigenvalue weighted by atomic mass is 9.60. The highest BCUT2D eigenvalue weighted by Gasteiger charge is 2.57. The number of ether oxygens (including phenoxy) is 1. The molecule has 0 aromatic heterocycles. The molecule has 3 rings (SSSR count). The highest BCUT2D eigenvalue weighted by molar-refractivity contribution is 5.83. The lowest BCUT2D eigenvalue weighted by Gasteiger charge is -2.54. The summed E-state index contributed by atoms with van der Waals surface area (Å²) in [4.78, 5) is 12.5. The molecule has 1 aromatic carbocycles. The van der Waals surface area contributed by atoms with Gasteiger partial charge in [0.25, 0.3) is 0 Å². The van der Waals surface area contributed by atoms with E-state index < -0.39 is 6.04 Å². The zero-order valence-electron chi connectivity index (χ0n) is 13.3. The lowest BCUT2D eigenvalue weighted by molar-refractivity contribution is -0.145. The quantitative estimate of drug-likeness (QED) is 0.878. The molecule has 2 aliphatic rings. The third kappa shape index (κ3) is 2.66. The number of carbonyl (C=O) groups excluding carboxylic acids is 1. The zero-order valence-corrected chi connectivity index (χ0v) is 13.3. The first-order valence-corrected chi connectivity index (χ1v) is 8.40. The SMILES string of the molecule is CCOC1CC(NC(=O)C(N)c2ccccc2)C12CCCC2. The van der Waals surface area contributed by atoms with Gasteiger partial charge in [-0.3, -0.25) is 4.79 Å². The van der Waals surface area contributed by atoms with Crippen LogP contribution in [0.4, 0.5) is 0 Å². The van der Waals surface area contributed by atoms with Crippen LogP contribution in [0.25, 0.3) is 0 Å². The van der Waals surface area contributed by atoms with Crippen LogP contribution < -0.4 is 11.1 Å². The van der Waals surface area contributed by atoms with Crippen LogP contribution in [0.2, 0.25) is 0 Å². The molecule has 3 unspecified atom stereocenters. The number of rotatable bonds is 5. The molecule has 3 N–H and O–H groups in total. The molecule has 0 heterocycles. The molecule has 4 heteroatoms. The van der Waals surface area contributed by atoms with E-state index in [9.17, 15) is 4.79 Å². The maximum absolute atomic E-state index is 12.5. The molecule has 22 heavy (non-hydrogen) atoms. The Morgan fingerprint density at radius 1 is 1.36 bits per heavy atom. The molecule has 120 valence electrons. The highest BCUT2D eigenvalue weighted by atomic mass is 16.5. The van der Waals surface area contributed by atoms with Crippen molar-refractivity contribution in [2.75, 3.05) is 6.61 Å². The predicted molar refractivity (Wildman–Crippen MR) is 86.2 cm³/mol. The Kier molecular flexibility index (Phi) is 4.50. The molecule has 2 aliphatic carbocycles. The molecule has 1 spiro atoms. The number of hydrogen-bond donors (Lipinski definition) is 2. The molecule has 0 saturated heterocycles. The summed E-state index contributed by atoms with van der Waals surface area (Å²) in [5.41, 5.74) is 7.12. The van der Waals surface area contributed by atoms with Gasteiger partial charge in [-0.15, -0.1) is 0 Å². The maximum atomic E-state index is 12.5. The van der Waals surface area contributed by atoms with Crippen LogP contribution in [0.5, 0.6) is 0 Å². The van der Waals surface area contributed by atoms with E-state index in [1.165, 1.54) is 12.8 Å². The van der Waals surface area contributed by atoms with Gasteiger partial charge in [0.2, 0.25) is 5.91 Å². The van der Waals surface area contributed by atoms with Crippen LogP contribution in [0.3, 0.4) is 0 Å². The summed E-state index contributed by atoms with van der Waals surface area (Å²) in [5.74, 6) is -0.0718. The van der Waals surface area contributed by atoms with E-state index in [1.54, 1.807) is 0 Å². The molecular formula is C18H26N2O2. The van der Waals surface area contributed by atoms with Gasteiger partial charge in [-0.05, 0) is 31.7 Å². The fourth-order valence-corrected chi connectivity index (χ4v) is 4.16. The molecule has 2 fully saturated rings. The minimum atomic E-state index is -0.592. The molecule has 0 aliphatic heterocycles. The number of carbonyl (C=O) groups is 1. The number of benzene rings is 1. The number of hydrogen-bond acceptors (Lipinski definition) is 3. The Hall–Kier alpha value is -1.39. The minimum absolute atomic E-state index is 0.0718. The molecule has 0 bridgehead atoms. The molecule has 1 aromatic rings. The summed E-state index contributed by atoms with van der Waals surface area (Å²) in [7, 11) is 0. The third-order valence-corrected chi connectivity index (χ3v) is 5.44. The second-order valence-electron chi connectivity index (χ2n) is 6.57. The summed E-state index contributed by atoms with van der Waals surface area (Å²) in [5, 5.41) is 3.19. The molecule has 1 amide bonds. The molecule has 4 nitrogen and oxygen atoms in total. The molecular weight excluding hydrogens is 276 g/mol. The number of nitrogens with two attached hydrogens (primary N) is 1. The standard InChI is InChI=1S/C18H26N2O2/c1-2-22-15-12-14(18(15)10-6-7-11-18)20-17(21)16(19)13-8-4-3-5-9-13/h3-5,8-9,14-16H,2,6-7,10-12,19H2,1H3,(H,20,21). The van der Waals surface area contributed by atoms with Gasteiger partial charge in [0, 0.05) is 18.1 Å². The molecule has 3 atom stereocenters. The summed E-state index contributed by atoms with van der Waals surface area (Å²) in [6, 6.07) is 9.18. The van der Waals surface area contributed by atoms with Crippen LogP contribution in [0, 0.1) is 5.41 Å². The van der Waals surface area contributed by atoms with E-state index in [2.05, 4.69) is 5.32 Å². The normalized spacial score (nSPS) is 27.4. The smallest absolute Gasteiger partial charge is 0.241 e. The van der Waals surface area contributed by atoms with Gasteiger partial charge in [-0.1, -0.05) is 43.2 Å². The Bertz CT molecular complexity index is 511. The van der Waals surface area contributed by atoms with E-state index >= 15 is 0 Å². The van der Waals surface area contributed by atoms with Gasteiger partial charge in [0.05, 0.1) is 6.10 Å². The van der Waals surface area contributed by atoms with E-state index in [0.29, 0.717) is 6.10 Å². The fourth-order valence-electron chi connectivity index (χ4n) is 4.16. The summed E-state index contributed by atoms with van der Waals surface area (Å²) >= 11 is 0. The summed E-state index contributed by atoms with van der Waals surface area (Å²) in [6.45, 7) is 2.79. The van der Waals surface area contributed by atoms with Gasteiger partial charge in [0.1, 0.15) is 6.04 Å². The van der Waals surface area contributed by atoms with Crippen molar-refractivity contribution in [3.8, 4) is 0 Å². The second kappa shape index (κ2) is 6.39. The first-order chi connectivity index (χ1) is 10.7. The topological polar surface area (TPSA) is 64.3 Å². The van der Waals surface area contributed by atoms with Gasteiger partial charge < -0.3 is 15.8 Å². The first-order valence-electron chi connectivity index (χ1n) is 8.40. The van der Waals surface area contributed by atoms with E-state index in [4.69, 9.17) is 10.5 Å². The van der Waals surface area contributed by atoms with E-state index in [-0.39, 0.29) is 17.4 Å². The van der Waals surface area contributed by atoms with Gasteiger partial charge in [0.15, 0.2) is 0 Å². The van der Waals surface area contributed by atoms with Crippen LogP contribution >= 0.6 is 0 Å². The lowest BCUT2D eigenvalue weighted by Crippen LogP contribution is -2.64. The maximum Gasteiger partial charge on any atom is 0.241 e. The Morgan fingerprint density at radius 3 is 2.68 bits per heavy atom. The minimum Gasteiger partial charge on any atom is -0.378 e. The van der Waals surface area contributed by atoms with Gasteiger partial charge in [-0.25, -0.2) is 0 Å². The van der Waals surface area contributed by atoms with Crippen molar-refractivity contribution < 1.29 is 9.53 Å².